The number of rotatable bonds is 9. The second-order valence-electron chi connectivity index (χ2n) is 5.70. The standard InChI is InChI=1S/C17H34N2/c1-4-14-18-17(13-15-19(5-2)6-3)16-11-9-7-8-10-12-16/h11,17-18H,4-10,12-15H2,1-3H3. The van der Waals surface area contributed by atoms with Gasteiger partial charge in [-0.1, -0.05) is 38.8 Å². The summed E-state index contributed by atoms with van der Waals surface area (Å²) >= 11 is 0. The molecule has 0 saturated carbocycles. The predicted molar refractivity (Wildman–Crippen MR) is 85.7 cm³/mol. The first kappa shape index (κ1) is 16.7. The molecule has 0 aliphatic heterocycles. The highest BCUT2D eigenvalue weighted by atomic mass is 15.1. The van der Waals surface area contributed by atoms with Crippen molar-refractivity contribution in [3.8, 4) is 0 Å². The molecule has 0 spiro atoms. The Bertz CT molecular complexity index is 244. The Balaban J connectivity index is 2.51. The molecule has 2 nitrogen and oxygen atoms in total. The maximum Gasteiger partial charge on any atom is 0.0291 e. The molecule has 1 atom stereocenters. The fourth-order valence-corrected chi connectivity index (χ4v) is 2.94. The summed E-state index contributed by atoms with van der Waals surface area (Å²) in [5, 5.41) is 3.78. The van der Waals surface area contributed by atoms with Crippen LogP contribution in [0.4, 0.5) is 0 Å². The van der Waals surface area contributed by atoms with E-state index in [1.54, 1.807) is 5.57 Å². The molecule has 2 heteroatoms. The van der Waals surface area contributed by atoms with Crippen molar-refractivity contribution in [1.82, 2.24) is 10.2 Å². The molecule has 0 bridgehead atoms. The largest absolute Gasteiger partial charge is 0.310 e. The molecule has 1 aliphatic rings. The highest BCUT2D eigenvalue weighted by Gasteiger charge is 2.15. The molecular weight excluding hydrogens is 232 g/mol. The van der Waals surface area contributed by atoms with Gasteiger partial charge in [0.15, 0.2) is 0 Å². The lowest BCUT2D eigenvalue weighted by Crippen LogP contribution is -2.36. The van der Waals surface area contributed by atoms with Gasteiger partial charge in [-0.25, -0.2) is 0 Å². The molecule has 0 heterocycles. The summed E-state index contributed by atoms with van der Waals surface area (Å²) in [5.41, 5.74) is 1.69. The van der Waals surface area contributed by atoms with Crippen LogP contribution in [0.25, 0.3) is 0 Å². The highest BCUT2D eigenvalue weighted by Crippen LogP contribution is 2.21. The van der Waals surface area contributed by atoms with Crippen LogP contribution < -0.4 is 5.32 Å². The smallest absolute Gasteiger partial charge is 0.0291 e. The topological polar surface area (TPSA) is 15.3 Å². The molecule has 1 N–H and O–H groups in total. The average molecular weight is 266 g/mol. The van der Waals surface area contributed by atoms with E-state index in [1.165, 1.54) is 64.6 Å². The Morgan fingerprint density at radius 2 is 1.95 bits per heavy atom. The van der Waals surface area contributed by atoms with Gasteiger partial charge in [0.25, 0.3) is 0 Å². The molecule has 1 unspecified atom stereocenters. The lowest BCUT2D eigenvalue weighted by molar-refractivity contribution is 0.286. The van der Waals surface area contributed by atoms with E-state index in [0.717, 1.165) is 6.54 Å². The molecule has 112 valence electrons. The van der Waals surface area contributed by atoms with Crippen LogP contribution in [-0.4, -0.2) is 37.1 Å². The van der Waals surface area contributed by atoms with Gasteiger partial charge in [-0.2, -0.15) is 0 Å². The van der Waals surface area contributed by atoms with Crippen LogP contribution in [-0.2, 0) is 0 Å². The maximum atomic E-state index is 3.78. The molecule has 0 amide bonds. The van der Waals surface area contributed by atoms with Crippen molar-refractivity contribution >= 4 is 0 Å². The van der Waals surface area contributed by atoms with Gasteiger partial charge in [0.2, 0.25) is 0 Å². The number of allylic oxidation sites excluding steroid dienone is 1. The second-order valence-corrected chi connectivity index (χ2v) is 5.70. The van der Waals surface area contributed by atoms with Gasteiger partial charge in [0.1, 0.15) is 0 Å². The molecule has 0 aromatic heterocycles. The van der Waals surface area contributed by atoms with Gasteiger partial charge in [0.05, 0.1) is 0 Å². The van der Waals surface area contributed by atoms with E-state index in [4.69, 9.17) is 0 Å². The quantitative estimate of drug-likeness (QED) is 0.635. The fraction of sp³-hybridized carbons (Fsp3) is 0.882. The fourth-order valence-electron chi connectivity index (χ4n) is 2.94. The van der Waals surface area contributed by atoms with Gasteiger partial charge in [0, 0.05) is 6.04 Å². The van der Waals surface area contributed by atoms with E-state index in [0.29, 0.717) is 6.04 Å². The van der Waals surface area contributed by atoms with Crippen LogP contribution in [0.15, 0.2) is 11.6 Å². The van der Waals surface area contributed by atoms with Crippen molar-refractivity contribution in [2.45, 2.75) is 71.8 Å². The van der Waals surface area contributed by atoms with E-state index in [-0.39, 0.29) is 0 Å². The molecule has 19 heavy (non-hydrogen) atoms. The number of hydrogen-bond donors (Lipinski definition) is 1. The lowest BCUT2D eigenvalue weighted by Gasteiger charge is -2.25. The van der Waals surface area contributed by atoms with E-state index < -0.39 is 0 Å². The van der Waals surface area contributed by atoms with E-state index in [2.05, 4.69) is 37.1 Å². The minimum atomic E-state index is 0.624. The SMILES string of the molecule is CCCNC(CCN(CC)CC)C1=CCCCCC1. The zero-order chi connectivity index (χ0) is 13.9. The van der Waals surface area contributed by atoms with Gasteiger partial charge >= 0.3 is 0 Å². The molecule has 0 aromatic carbocycles. The second kappa shape index (κ2) is 10.4. The van der Waals surface area contributed by atoms with Gasteiger partial charge in [-0.15, -0.1) is 0 Å². The number of hydrogen-bond acceptors (Lipinski definition) is 2. The Labute approximate surface area is 120 Å². The van der Waals surface area contributed by atoms with Crippen LogP contribution in [0.1, 0.15) is 65.7 Å². The highest BCUT2D eigenvalue weighted by molar-refractivity contribution is 5.12. The Morgan fingerprint density at radius 1 is 1.16 bits per heavy atom. The van der Waals surface area contributed by atoms with Crippen LogP contribution in [0.3, 0.4) is 0 Å². The van der Waals surface area contributed by atoms with Crippen molar-refractivity contribution in [2.75, 3.05) is 26.2 Å². The van der Waals surface area contributed by atoms with Gasteiger partial charge in [-0.05, 0) is 64.7 Å². The van der Waals surface area contributed by atoms with Gasteiger partial charge < -0.3 is 10.2 Å². The Kier molecular flexibility index (Phi) is 9.19. The van der Waals surface area contributed by atoms with Crippen molar-refractivity contribution in [3.63, 3.8) is 0 Å². The molecule has 1 aliphatic carbocycles. The minimum Gasteiger partial charge on any atom is -0.310 e. The monoisotopic (exact) mass is 266 g/mol. The number of nitrogens with zero attached hydrogens (tertiary/aromatic N) is 1. The van der Waals surface area contributed by atoms with Gasteiger partial charge in [-0.3, -0.25) is 0 Å². The normalized spacial score (nSPS) is 18.2. The maximum absolute atomic E-state index is 3.78. The Morgan fingerprint density at radius 3 is 2.63 bits per heavy atom. The van der Waals surface area contributed by atoms with Crippen LogP contribution in [0.5, 0.6) is 0 Å². The van der Waals surface area contributed by atoms with Crippen molar-refractivity contribution < 1.29 is 0 Å². The number of nitrogens with one attached hydrogen (secondary N) is 1. The zero-order valence-electron chi connectivity index (χ0n) is 13.4. The first-order chi connectivity index (χ1) is 9.31. The summed E-state index contributed by atoms with van der Waals surface area (Å²) in [6.07, 6.45) is 11.8. The van der Waals surface area contributed by atoms with Crippen LogP contribution in [0.2, 0.25) is 0 Å². The molecular formula is C17H34N2. The van der Waals surface area contributed by atoms with Crippen molar-refractivity contribution in [1.29, 1.82) is 0 Å². The third kappa shape index (κ3) is 6.58. The molecule has 0 radical (unpaired) electrons. The molecule has 0 saturated heterocycles. The summed E-state index contributed by atoms with van der Waals surface area (Å²) in [7, 11) is 0. The zero-order valence-corrected chi connectivity index (χ0v) is 13.4. The first-order valence-electron chi connectivity index (χ1n) is 8.46. The van der Waals surface area contributed by atoms with Crippen LogP contribution in [0, 0.1) is 0 Å². The third-order valence-corrected chi connectivity index (χ3v) is 4.29. The average Bonchev–Trinajstić information content (AvgIpc) is 2.72. The summed E-state index contributed by atoms with van der Waals surface area (Å²) in [5.74, 6) is 0. The lowest BCUT2D eigenvalue weighted by atomic mass is 9.98. The molecule has 1 rings (SSSR count). The summed E-state index contributed by atoms with van der Waals surface area (Å²) < 4.78 is 0. The van der Waals surface area contributed by atoms with Crippen LogP contribution >= 0.6 is 0 Å². The van der Waals surface area contributed by atoms with E-state index >= 15 is 0 Å². The van der Waals surface area contributed by atoms with Crippen molar-refractivity contribution in [2.24, 2.45) is 0 Å². The van der Waals surface area contributed by atoms with Crippen molar-refractivity contribution in [3.05, 3.63) is 11.6 Å². The third-order valence-electron chi connectivity index (χ3n) is 4.29. The van der Waals surface area contributed by atoms with E-state index in [1.807, 2.05) is 0 Å². The molecule has 0 fully saturated rings. The minimum absolute atomic E-state index is 0.624. The summed E-state index contributed by atoms with van der Waals surface area (Å²) in [6, 6.07) is 0.624. The first-order valence-corrected chi connectivity index (χ1v) is 8.46. The summed E-state index contributed by atoms with van der Waals surface area (Å²) in [4.78, 5) is 2.54. The molecule has 0 aromatic rings. The summed E-state index contributed by atoms with van der Waals surface area (Å²) in [6.45, 7) is 11.5. The Hall–Kier alpha value is -0.340. The predicted octanol–water partition coefficient (Wildman–Crippen LogP) is 3.98. The van der Waals surface area contributed by atoms with E-state index in [9.17, 15) is 0 Å².